The molecule has 0 aromatic heterocycles. The Labute approximate surface area is 133 Å². The maximum atomic E-state index is 12.2. The molecule has 1 saturated carbocycles. The van der Waals surface area contributed by atoms with Crippen molar-refractivity contribution >= 4 is 12.0 Å². The van der Waals surface area contributed by atoms with E-state index in [1.165, 1.54) is 11.3 Å². The van der Waals surface area contributed by atoms with Crippen LogP contribution in [0.2, 0.25) is 0 Å². The van der Waals surface area contributed by atoms with Gasteiger partial charge in [-0.15, -0.1) is 0 Å². The number of aliphatic hydroxyl groups excluding tert-OH is 1. The van der Waals surface area contributed by atoms with E-state index in [1.54, 1.807) is 27.8 Å². The summed E-state index contributed by atoms with van der Waals surface area (Å²) in [6, 6.07) is -0.643. The number of likely N-dealkylation sites (N-methyl/N-ethyl adjacent to an activating group) is 1. The van der Waals surface area contributed by atoms with Gasteiger partial charge in [0.05, 0.1) is 6.04 Å². The van der Waals surface area contributed by atoms with Crippen LogP contribution in [0.15, 0.2) is 0 Å². The van der Waals surface area contributed by atoms with Crippen molar-refractivity contribution in [1.29, 1.82) is 0 Å². The number of ether oxygens (including phenoxy) is 1. The molecule has 1 aliphatic rings. The summed E-state index contributed by atoms with van der Waals surface area (Å²) in [5.74, 6) is -0.408. The third-order valence-electron chi connectivity index (χ3n) is 4.13. The van der Waals surface area contributed by atoms with E-state index >= 15 is 0 Å². The van der Waals surface area contributed by atoms with E-state index in [0.717, 1.165) is 25.7 Å². The number of nitrogens with zero attached hydrogens (tertiary/aromatic N) is 1. The molecule has 2 unspecified atom stereocenters. The summed E-state index contributed by atoms with van der Waals surface area (Å²) in [5.41, 5.74) is 4.61. The molecule has 0 bridgehead atoms. The predicted octanol–water partition coefficient (Wildman–Crippen LogP) is 2.04. The molecular formula is C16H30N2O4. The number of carbonyl (C=O) groups is 2. The normalized spacial score (nSPS) is 19.3. The number of amides is 2. The number of hydrogen-bond acceptors (Lipinski definition) is 4. The molecule has 0 radical (unpaired) electrons. The van der Waals surface area contributed by atoms with E-state index in [9.17, 15) is 14.7 Å². The minimum absolute atomic E-state index is 0.401. The monoisotopic (exact) mass is 314 g/mol. The highest BCUT2D eigenvalue weighted by molar-refractivity contribution is 5.80. The quantitative estimate of drug-likeness (QED) is 0.812. The number of primary amides is 1. The van der Waals surface area contributed by atoms with Crippen molar-refractivity contribution in [2.75, 3.05) is 7.05 Å². The van der Waals surface area contributed by atoms with Crippen molar-refractivity contribution < 1.29 is 19.4 Å². The fourth-order valence-electron chi connectivity index (χ4n) is 2.92. The van der Waals surface area contributed by atoms with Crippen LogP contribution in [0.4, 0.5) is 4.79 Å². The van der Waals surface area contributed by atoms with Crippen LogP contribution in [-0.2, 0) is 9.53 Å². The molecule has 6 nitrogen and oxygen atoms in total. The van der Waals surface area contributed by atoms with Crippen LogP contribution in [-0.4, -0.2) is 46.8 Å². The molecule has 0 spiro atoms. The van der Waals surface area contributed by atoms with Crippen molar-refractivity contribution in [2.45, 2.75) is 77.0 Å². The van der Waals surface area contributed by atoms with Crippen LogP contribution in [0.1, 0.15) is 59.3 Å². The second-order valence-corrected chi connectivity index (χ2v) is 7.25. The van der Waals surface area contributed by atoms with Gasteiger partial charge in [0, 0.05) is 7.05 Å². The maximum absolute atomic E-state index is 12.2. The Balaban J connectivity index is 2.79. The molecule has 22 heavy (non-hydrogen) atoms. The second-order valence-electron chi connectivity index (χ2n) is 7.25. The van der Waals surface area contributed by atoms with Gasteiger partial charge in [0.2, 0.25) is 5.91 Å². The van der Waals surface area contributed by atoms with Crippen LogP contribution in [0.3, 0.4) is 0 Å². The van der Waals surface area contributed by atoms with Gasteiger partial charge in [0.1, 0.15) is 5.60 Å². The standard InChI is InChI=1S/C16H30N2O4/c1-16(2,3)22-15(21)18(4)12(13(19)14(17)20)10-11-8-6-5-7-9-11/h11-13,19H,5-10H2,1-4H3,(H2,17,20). The molecule has 0 saturated heterocycles. The molecule has 0 aromatic rings. The zero-order chi connectivity index (χ0) is 16.9. The van der Waals surface area contributed by atoms with Crippen LogP contribution in [0.25, 0.3) is 0 Å². The summed E-state index contributed by atoms with van der Waals surface area (Å²) in [6.07, 6.45) is 4.30. The molecule has 1 aliphatic carbocycles. The summed E-state index contributed by atoms with van der Waals surface area (Å²) in [7, 11) is 1.55. The SMILES string of the molecule is CN(C(=O)OC(C)(C)C)C(CC1CCCCC1)C(O)C(N)=O. The summed E-state index contributed by atoms with van der Waals surface area (Å²) >= 11 is 0. The minimum atomic E-state index is -1.38. The lowest BCUT2D eigenvalue weighted by molar-refractivity contribution is -0.129. The van der Waals surface area contributed by atoms with Gasteiger partial charge in [-0.05, 0) is 33.1 Å². The van der Waals surface area contributed by atoms with Crippen molar-refractivity contribution in [3.8, 4) is 0 Å². The van der Waals surface area contributed by atoms with Crippen molar-refractivity contribution in [3.63, 3.8) is 0 Å². The molecule has 6 heteroatoms. The van der Waals surface area contributed by atoms with Crippen molar-refractivity contribution in [1.82, 2.24) is 4.90 Å². The van der Waals surface area contributed by atoms with Gasteiger partial charge in [0.25, 0.3) is 0 Å². The van der Waals surface area contributed by atoms with Crippen molar-refractivity contribution in [3.05, 3.63) is 0 Å². The molecule has 128 valence electrons. The third-order valence-corrected chi connectivity index (χ3v) is 4.13. The molecule has 0 heterocycles. The Morgan fingerprint density at radius 2 is 1.82 bits per heavy atom. The zero-order valence-corrected chi connectivity index (χ0v) is 14.2. The predicted molar refractivity (Wildman–Crippen MR) is 84.2 cm³/mol. The zero-order valence-electron chi connectivity index (χ0n) is 14.2. The molecule has 1 rings (SSSR count). The molecule has 3 N–H and O–H groups in total. The van der Waals surface area contributed by atoms with Gasteiger partial charge in [0.15, 0.2) is 6.10 Å². The third kappa shape index (κ3) is 5.83. The molecule has 0 aliphatic heterocycles. The molecule has 2 amide bonds. The van der Waals surface area contributed by atoms with Crippen LogP contribution in [0, 0.1) is 5.92 Å². The van der Waals surface area contributed by atoms with E-state index in [0.29, 0.717) is 12.3 Å². The van der Waals surface area contributed by atoms with Crippen molar-refractivity contribution in [2.24, 2.45) is 11.7 Å². The van der Waals surface area contributed by atoms with Gasteiger partial charge >= 0.3 is 6.09 Å². The van der Waals surface area contributed by atoms with Gasteiger partial charge in [-0.25, -0.2) is 4.79 Å². The first kappa shape index (κ1) is 18.7. The molecular weight excluding hydrogens is 284 g/mol. The van der Waals surface area contributed by atoms with E-state index in [1.807, 2.05) is 0 Å². The summed E-state index contributed by atoms with van der Waals surface area (Å²) in [4.78, 5) is 24.9. The fourth-order valence-corrected chi connectivity index (χ4v) is 2.92. The van der Waals surface area contributed by atoms with Gasteiger partial charge in [-0.1, -0.05) is 32.1 Å². The number of hydrogen-bond donors (Lipinski definition) is 2. The Kier molecular flexibility index (Phi) is 6.66. The largest absolute Gasteiger partial charge is 0.444 e. The summed E-state index contributed by atoms with van der Waals surface area (Å²) in [6.45, 7) is 5.33. The summed E-state index contributed by atoms with van der Waals surface area (Å²) < 4.78 is 5.32. The van der Waals surface area contributed by atoms with Gasteiger partial charge < -0.3 is 20.5 Å². The fraction of sp³-hybridized carbons (Fsp3) is 0.875. The van der Waals surface area contributed by atoms with Crippen LogP contribution < -0.4 is 5.73 Å². The molecule has 2 atom stereocenters. The Morgan fingerprint density at radius 1 is 1.27 bits per heavy atom. The van der Waals surface area contributed by atoms with E-state index in [-0.39, 0.29) is 0 Å². The first-order valence-electron chi connectivity index (χ1n) is 8.05. The van der Waals surface area contributed by atoms with E-state index < -0.39 is 29.7 Å². The van der Waals surface area contributed by atoms with Crippen LogP contribution >= 0.6 is 0 Å². The topological polar surface area (TPSA) is 92.9 Å². The Hall–Kier alpha value is -1.30. The van der Waals surface area contributed by atoms with Gasteiger partial charge in [-0.2, -0.15) is 0 Å². The number of nitrogens with two attached hydrogens (primary N) is 1. The number of aliphatic hydroxyl groups is 1. The number of carbonyl (C=O) groups excluding carboxylic acids is 2. The lowest BCUT2D eigenvalue weighted by atomic mass is 9.83. The second kappa shape index (κ2) is 7.81. The van der Waals surface area contributed by atoms with E-state index in [2.05, 4.69) is 0 Å². The Morgan fingerprint density at radius 3 is 2.27 bits per heavy atom. The number of rotatable bonds is 5. The average molecular weight is 314 g/mol. The lowest BCUT2D eigenvalue weighted by Crippen LogP contribution is -2.52. The van der Waals surface area contributed by atoms with E-state index in [4.69, 9.17) is 10.5 Å². The first-order chi connectivity index (χ1) is 10.1. The minimum Gasteiger partial charge on any atom is -0.444 e. The highest BCUT2D eigenvalue weighted by Gasteiger charge is 2.35. The first-order valence-corrected chi connectivity index (χ1v) is 8.05. The highest BCUT2D eigenvalue weighted by Crippen LogP contribution is 2.29. The van der Waals surface area contributed by atoms with Gasteiger partial charge in [-0.3, -0.25) is 4.79 Å². The maximum Gasteiger partial charge on any atom is 0.410 e. The van der Waals surface area contributed by atoms with Crippen LogP contribution in [0.5, 0.6) is 0 Å². The highest BCUT2D eigenvalue weighted by atomic mass is 16.6. The lowest BCUT2D eigenvalue weighted by Gasteiger charge is -2.35. The summed E-state index contributed by atoms with van der Waals surface area (Å²) in [5, 5.41) is 10.1. The average Bonchev–Trinajstić information content (AvgIpc) is 2.42. The smallest absolute Gasteiger partial charge is 0.410 e. The Bertz CT molecular complexity index is 386. The molecule has 0 aromatic carbocycles. The molecule has 1 fully saturated rings.